The molecule has 82 valence electrons. The number of aldehydes is 1. The van der Waals surface area contributed by atoms with Gasteiger partial charge in [0.1, 0.15) is 5.69 Å². The van der Waals surface area contributed by atoms with Gasteiger partial charge in [-0.3, -0.25) is 4.79 Å². The van der Waals surface area contributed by atoms with E-state index in [0.717, 1.165) is 12.8 Å². The molecule has 0 saturated heterocycles. The Bertz CT molecular complexity index is 514. The Morgan fingerprint density at radius 3 is 2.88 bits per heavy atom. The molecule has 2 aromatic rings. The number of hydrogen-bond acceptors (Lipinski definition) is 2. The molecule has 3 nitrogen and oxygen atoms in total. The lowest BCUT2D eigenvalue weighted by Crippen LogP contribution is -1.99. The second-order valence-electron chi connectivity index (χ2n) is 4.02. The number of imidazole rings is 1. The summed E-state index contributed by atoms with van der Waals surface area (Å²) < 4.78 is 1.92. The van der Waals surface area contributed by atoms with Crippen molar-refractivity contribution in [2.75, 3.05) is 0 Å². The van der Waals surface area contributed by atoms with Crippen molar-refractivity contribution in [3.63, 3.8) is 0 Å². The van der Waals surface area contributed by atoms with Crippen LogP contribution < -0.4 is 0 Å². The van der Waals surface area contributed by atoms with Crippen LogP contribution in [0.3, 0.4) is 0 Å². The molecule has 0 radical (unpaired) electrons. The minimum atomic E-state index is 0.477. The highest BCUT2D eigenvalue weighted by molar-refractivity contribution is 5.70. The predicted molar refractivity (Wildman–Crippen MR) is 62.6 cm³/mol. The number of aryl methyl sites for hydroxylation is 2. The quantitative estimate of drug-likeness (QED) is 0.735. The van der Waals surface area contributed by atoms with Gasteiger partial charge in [0.2, 0.25) is 0 Å². The van der Waals surface area contributed by atoms with Crippen molar-refractivity contribution >= 4 is 6.29 Å². The first-order valence-corrected chi connectivity index (χ1v) is 5.22. The highest BCUT2D eigenvalue weighted by atomic mass is 16.1. The van der Waals surface area contributed by atoms with Gasteiger partial charge in [-0.1, -0.05) is 23.8 Å². The number of carbonyl (C=O) groups is 1. The van der Waals surface area contributed by atoms with Crippen molar-refractivity contribution in [2.24, 2.45) is 0 Å². The Balaban J connectivity index is 2.26. The number of nitrogens with zero attached hydrogens (tertiary/aromatic N) is 2. The zero-order chi connectivity index (χ0) is 11.5. The molecule has 3 heteroatoms. The van der Waals surface area contributed by atoms with Gasteiger partial charge in [-0.25, -0.2) is 4.98 Å². The van der Waals surface area contributed by atoms with E-state index < -0.39 is 0 Å². The molecule has 1 aromatic heterocycles. The first-order chi connectivity index (χ1) is 7.69. The number of aromatic nitrogens is 2. The third-order valence-corrected chi connectivity index (χ3v) is 2.63. The maximum atomic E-state index is 10.5. The average molecular weight is 214 g/mol. The van der Waals surface area contributed by atoms with Crippen LogP contribution in [0.1, 0.15) is 27.2 Å². The van der Waals surface area contributed by atoms with Crippen LogP contribution >= 0.6 is 0 Å². The molecule has 0 aliphatic heterocycles. The second kappa shape index (κ2) is 4.31. The van der Waals surface area contributed by atoms with Crippen LogP contribution in [-0.4, -0.2) is 15.8 Å². The van der Waals surface area contributed by atoms with Crippen LogP contribution in [0, 0.1) is 13.8 Å². The van der Waals surface area contributed by atoms with Gasteiger partial charge in [0.25, 0.3) is 0 Å². The topological polar surface area (TPSA) is 34.9 Å². The SMILES string of the molecule is Cc1ccc(C)c(Cn2cnc(C=O)c2)c1. The number of carbonyl (C=O) groups excluding carboxylic acids is 1. The van der Waals surface area contributed by atoms with E-state index in [4.69, 9.17) is 0 Å². The Hall–Kier alpha value is -1.90. The van der Waals surface area contributed by atoms with E-state index >= 15 is 0 Å². The van der Waals surface area contributed by atoms with Crippen LogP contribution in [0.5, 0.6) is 0 Å². The summed E-state index contributed by atoms with van der Waals surface area (Å²) in [6.45, 7) is 4.92. The summed E-state index contributed by atoms with van der Waals surface area (Å²) in [5, 5.41) is 0. The maximum absolute atomic E-state index is 10.5. The average Bonchev–Trinajstić information content (AvgIpc) is 2.71. The molecular weight excluding hydrogens is 200 g/mol. The fraction of sp³-hybridized carbons (Fsp3) is 0.231. The molecule has 0 aliphatic rings. The van der Waals surface area contributed by atoms with Crippen molar-refractivity contribution in [1.82, 2.24) is 9.55 Å². The Morgan fingerprint density at radius 1 is 1.38 bits per heavy atom. The number of hydrogen-bond donors (Lipinski definition) is 0. The molecule has 0 bridgehead atoms. The lowest BCUT2D eigenvalue weighted by molar-refractivity contribution is 0.111. The van der Waals surface area contributed by atoms with E-state index in [1.807, 2.05) is 4.57 Å². The van der Waals surface area contributed by atoms with Gasteiger partial charge in [-0.2, -0.15) is 0 Å². The van der Waals surface area contributed by atoms with Crippen molar-refractivity contribution in [3.8, 4) is 0 Å². The molecule has 0 atom stereocenters. The monoisotopic (exact) mass is 214 g/mol. The molecule has 1 heterocycles. The highest BCUT2D eigenvalue weighted by Gasteiger charge is 2.01. The van der Waals surface area contributed by atoms with Crippen LogP contribution in [0.4, 0.5) is 0 Å². The highest BCUT2D eigenvalue weighted by Crippen LogP contribution is 2.12. The van der Waals surface area contributed by atoms with Crippen molar-refractivity contribution in [2.45, 2.75) is 20.4 Å². The molecule has 0 spiro atoms. The van der Waals surface area contributed by atoms with E-state index in [1.54, 1.807) is 12.5 Å². The summed E-state index contributed by atoms with van der Waals surface area (Å²) in [4.78, 5) is 14.5. The van der Waals surface area contributed by atoms with E-state index in [0.29, 0.717) is 5.69 Å². The minimum absolute atomic E-state index is 0.477. The Morgan fingerprint density at radius 2 is 2.19 bits per heavy atom. The normalized spacial score (nSPS) is 10.4. The lowest BCUT2D eigenvalue weighted by Gasteiger charge is -2.07. The van der Waals surface area contributed by atoms with Crippen LogP contribution in [0.15, 0.2) is 30.7 Å². The number of rotatable bonds is 3. The fourth-order valence-corrected chi connectivity index (χ4v) is 1.69. The van der Waals surface area contributed by atoms with Gasteiger partial charge in [-0.15, -0.1) is 0 Å². The molecule has 2 rings (SSSR count). The molecule has 0 N–H and O–H groups in total. The molecule has 0 unspecified atom stereocenters. The fourth-order valence-electron chi connectivity index (χ4n) is 1.69. The lowest BCUT2D eigenvalue weighted by atomic mass is 10.1. The van der Waals surface area contributed by atoms with Crippen LogP contribution in [-0.2, 0) is 6.54 Å². The predicted octanol–water partition coefficient (Wildman–Crippen LogP) is 2.36. The van der Waals surface area contributed by atoms with E-state index in [-0.39, 0.29) is 0 Å². The molecule has 1 aromatic carbocycles. The first kappa shape index (κ1) is 10.6. The van der Waals surface area contributed by atoms with Gasteiger partial charge < -0.3 is 4.57 Å². The zero-order valence-corrected chi connectivity index (χ0v) is 9.47. The van der Waals surface area contributed by atoms with E-state index in [1.165, 1.54) is 16.7 Å². The summed E-state index contributed by atoms with van der Waals surface area (Å²) in [5.74, 6) is 0. The second-order valence-corrected chi connectivity index (χ2v) is 4.02. The number of benzene rings is 1. The summed E-state index contributed by atoms with van der Waals surface area (Å²) in [7, 11) is 0. The van der Waals surface area contributed by atoms with E-state index in [9.17, 15) is 4.79 Å². The zero-order valence-electron chi connectivity index (χ0n) is 9.47. The standard InChI is InChI=1S/C13H14N2O/c1-10-3-4-11(2)12(5-10)6-15-7-13(8-16)14-9-15/h3-5,7-9H,6H2,1-2H3. The summed E-state index contributed by atoms with van der Waals surface area (Å²) in [5.41, 5.74) is 4.24. The van der Waals surface area contributed by atoms with Gasteiger partial charge in [0.05, 0.1) is 6.33 Å². The van der Waals surface area contributed by atoms with Crippen LogP contribution in [0.2, 0.25) is 0 Å². The third kappa shape index (κ3) is 2.19. The molecule has 16 heavy (non-hydrogen) atoms. The molecule has 0 amide bonds. The minimum Gasteiger partial charge on any atom is -0.332 e. The van der Waals surface area contributed by atoms with Crippen molar-refractivity contribution in [1.29, 1.82) is 0 Å². The maximum Gasteiger partial charge on any atom is 0.169 e. The smallest absolute Gasteiger partial charge is 0.169 e. The van der Waals surface area contributed by atoms with E-state index in [2.05, 4.69) is 37.0 Å². The molecular formula is C13H14N2O. The Kier molecular flexibility index (Phi) is 2.86. The largest absolute Gasteiger partial charge is 0.332 e. The summed E-state index contributed by atoms with van der Waals surface area (Å²) >= 11 is 0. The summed E-state index contributed by atoms with van der Waals surface area (Å²) in [6, 6.07) is 6.38. The third-order valence-electron chi connectivity index (χ3n) is 2.63. The van der Waals surface area contributed by atoms with Gasteiger partial charge in [0.15, 0.2) is 6.29 Å². The summed E-state index contributed by atoms with van der Waals surface area (Å²) in [6.07, 6.45) is 4.21. The molecule has 0 aliphatic carbocycles. The van der Waals surface area contributed by atoms with Crippen LogP contribution in [0.25, 0.3) is 0 Å². The molecule has 0 saturated carbocycles. The first-order valence-electron chi connectivity index (χ1n) is 5.22. The Labute approximate surface area is 94.7 Å². The van der Waals surface area contributed by atoms with Gasteiger partial charge >= 0.3 is 0 Å². The molecule has 0 fully saturated rings. The van der Waals surface area contributed by atoms with Gasteiger partial charge in [0, 0.05) is 12.7 Å². The van der Waals surface area contributed by atoms with Crippen molar-refractivity contribution in [3.05, 3.63) is 53.1 Å². The van der Waals surface area contributed by atoms with Crippen molar-refractivity contribution < 1.29 is 4.79 Å². The van der Waals surface area contributed by atoms with Gasteiger partial charge in [-0.05, 0) is 25.0 Å².